The molecule has 0 bridgehead atoms. The summed E-state index contributed by atoms with van der Waals surface area (Å²) in [6, 6.07) is 8.50. The first kappa shape index (κ1) is 18.4. The molecule has 2 aromatic rings. The summed E-state index contributed by atoms with van der Waals surface area (Å²) in [5.74, 6) is -0.987. The number of halogens is 1. The Labute approximate surface area is 167 Å². The number of aromatic nitrogens is 1. The van der Waals surface area contributed by atoms with Crippen LogP contribution in [0.15, 0.2) is 36.5 Å². The third-order valence-electron chi connectivity index (χ3n) is 5.29. The largest absolute Gasteiger partial charge is 0.325 e. The summed E-state index contributed by atoms with van der Waals surface area (Å²) in [6.07, 6.45) is 4.60. The van der Waals surface area contributed by atoms with Gasteiger partial charge in [-0.1, -0.05) is 29.8 Å². The fourth-order valence-electron chi connectivity index (χ4n) is 3.73. The van der Waals surface area contributed by atoms with Crippen LogP contribution in [0.25, 0.3) is 0 Å². The van der Waals surface area contributed by atoms with Crippen LogP contribution in [0.1, 0.15) is 30.0 Å². The number of carbonyl (C=O) groups is 3. The Bertz CT molecular complexity index is 993. The van der Waals surface area contributed by atoms with Gasteiger partial charge in [-0.25, -0.2) is 9.78 Å². The number of fused-ring (bicyclic) bond motifs is 1. The van der Waals surface area contributed by atoms with Crippen LogP contribution in [-0.2, 0) is 28.0 Å². The molecule has 0 spiro atoms. The van der Waals surface area contributed by atoms with Crippen molar-refractivity contribution >= 4 is 35.1 Å². The molecule has 4 amide bonds. The number of nitrogens with one attached hydrogen (secondary N) is 2. The van der Waals surface area contributed by atoms with Gasteiger partial charge in [0.2, 0.25) is 5.91 Å². The van der Waals surface area contributed by atoms with E-state index in [-0.39, 0.29) is 5.15 Å². The van der Waals surface area contributed by atoms with E-state index in [0.717, 1.165) is 29.7 Å². The number of nitrogens with zero attached hydrogens (tertiary/aromatic N) is 2. The van der Waals surface area contributed by atoms with Crippen molar-refractivity contribution in [2.24, 2.45) is 0 Å². The van der Waals surface area contributed by atoms with Crippen molar-refractivity contribution in [2.75, 3.05) is 11.9 Å². The standard InChI is InChI=1S/C20H19ClN4O3/c1-20(14-8-7-12-4-2-5-13(12)10-14)18(27)25(19(28)24-20)11-16(26)23-15-6-3-9-22-17(15)21/h3,6-10H,2,4-5,11H2,1H3,(H,23,26)(H,24,28). The number of rotatable bonds is 4. The molecule has 7 nitrogen and oxygen atoms in total. The van der Waals surface area contributed by atoms with Gasteiger partial charge >= 0.3 is 6.03 Å². The molecule has 2 N–H and O–H groups in total. The molecule has 1 aromatic carbocycles. The molecule has 1 aliphatic heterocycles. The van der Waals surface area contributed by atoms with Crippen LogP contribution < -0.4 is 10.6 Å². The second kappa shape index (κ2) is 6.91. The molecule has 8 heteroatoms. The monoisotopic (exact) mass is 398 g/mol. The quantitative estimate of drug-likeness (QED) is 0.611. The number of amides is 4. The third-order valence-corrected chi connectivity index (χ3v) is 5.59. The molecule has 144 valence electrons. The number of aryl methyl sites for hydroxylation is 2. The second-order valence-electron chi connectivity index (χ2n) is 7.17. The van der Waals surface area contributed by atoms with E-state index in [1.807, 2.05) is 18.2 Å². The summed E-state index contributed by atoms with van der Waals surface area (Å²) in [7, 11) is 0. The van der Waals surface area contributed by atoms with Crippen LogP contribution in [0.2, 0.25) is 5.15 Å². The topological polar surface area (TPSA) is 91.4 Å². The first-order valence-electron chi connectivity index (χ1n) is 9.05. The summed E-state index contributed by atoms with van der Waals surface area (Å²) in [4.78, 5) is 42.6. The van der Waals surface area contributed by atoms with Gasteiger partial charge in [0, 0.05) is 6.20 Å². The Hall–Kier alpha value is -2.93. The fraction of sp³-hybridized carbons (Fsp3) is 0.300. The van der Waals surface area contributed by atoms with Crippen LogP contribution >= 0.6 is 11.6 Å². The van der Waals surface area contributed by atoms with E-state index < -0.39 is 29.9 Å². The van der Waals surface area contributed by atoms with E-state index >= 15 is 0 Å². The highest BCUT2D eigenvalue weighted by Crippen LogP contribution is 2.32. The van der Waals surface area contributed by atoms with Crippen molar-refractivity contribution in [1.82, 2.24) is 15.2 Å². The zero-order valence-electron chi connectivity index (χ0n) is 15.3. The maximum Gasteiger partial charge on any atom is 0.325 e. The Morgan fingerprint density at radius 1 is 1.29 bits per heavy atom. The molecular formula is C20H19ClN4O3. The van der Waals surface area contributed by atoms with Crippen LogP contribution in [0.4, 0.5) is 10.5 Å². The van der Waals surface area contributed by atoms with E-state index in [4.69, 9.17) is 11.6 Å². The highest BCUT2D eigenvalue weighted by molar-refractivity contribution is 6.32. The van der Waals surface area contributed by atoms with Crippen molar-refractivity contribution in [3.8, 4) is 0 Å². The minimum absolute atomic E-state index is 0.135. The number of hydrogen-bond donors (Lipinski definition) is 2. The maximum atomic E-state index is 13.0. The smallest absolute Gasteiger partial charge is 0.322 e. The highest BCUT2D eigenvalue weighted by Gasteiger charge is 2.49. The van der Waals surface area contributed by atoms with Crippen LogP contribution in [-0.4, -0.2) is 34.3 Å². The molecular weight excluding hydrogens is 380 g/mol. The van der Waals surface area contributed by atoms with Gasteiger partial charge in [-0.15, -0.1) is 0 Å². The Morgan fingerprint density at radius 2 is 2.07 bits per heavy atom. The third kappa shape index (κ3) is 3.11. The first-order valence-corrected chi connectivity index (χ1v) is 9.43. The zero-order valence-corrected chi connectivity index (χ0v) is 16.0. The van der Waals surface area contributed by atoms with Crippen molar-refractivity contribution in [2.45, 2.75) is 31.7 Å². The van der Waals surface area contributed by atoms with E-state index in [0.29, 0.717) is 5.69 Å². The van der Waals surface area contributed by atoms with Crippen molar-refractivity contribution in [3.05, 3.63) is 58.4 Å². The average Bonchev–Trinajstić information content (AvgIpc) is 3.22. The molecule has 1 atom stereocenters. The molecule has 0 saturated carbocycles. The number of hydrogen-bond acceptors (Lipinski definition) is 4. The maximum absolute atomic E-state index is 13.0. The first-order chi connectivity index (χ1) is 13.4. The van der Waals surface area contributed by atoms with Gasteiger partial charge in [-0.05, 0) is 55.0 Å². The minimum Gasteiger partial charge on any atom is -0.322 e. The molecule has 1 aromatic heterocycles. The Kier molecular flexibility index (Phi) is 4.55. The highest BCUT2D eigenvalue weighted by atomic mass is 35.5. The molecule has 28 heavy (non-hydrogen) atoms. The molecule has 1 saturated heterocycles. The fourth-order valence-corrected chi connectivity index (χ4v) is 3.90. The molecule has 1 aliphatic carbocycles. The van der Waals surface area contributed by atoms with Crippen molar-refractivity contribution in [3.63, 3.8) is 0 Å². The van der Waals surface area contributed by atoms with Crippen molar-refractivity contribution in [1.29, 1.82) is 0 Å². The van der Waals surface area contributed by atoms with Crippen LogP contribution in [0.3, 0.4) is 0 Å². The lowest BCUT2D eigenvalue weighted by Gasteiger charge is -2.23. The number of imide groups is 1. The van der Waals surface area contributed by atoms with E-state index in [1.165, 1.54) is 17.3 Å². The summed E-state index contributed by atoms with van der Waals surface area (Å²) in [5.41, 5.74) is 2.35. The van der Waals surface area contributed by atoms with Crippen LogP contribution in [0, 0.1) is 0 Å². The SMILES string of the molecule is CC1(c2ccc3c(c2)CCC3)NC(=O)N(CC(=O)Nc2cccnc2Cl)C1=O. The van der Waals surface area contributed by atoms with Gasteiger partial charge in [0.25, 0.3) is 5.91 Å². The van der Waals surface area contributed by atoms with Gasteiger partial charge < -0.3 is 10.6 Å². The molecule has 1 unspecified atom stereocenters. The van der Waals surface area contributed by atoms with Gasteiger partial charge in [0.1, 0.15) is 12.1 Å². The number of benzene rings is 1. The normalized spacial score (nSPS) is 20.9. The summed E-state index contributed by atoms with van der Waals surface area (Å²) >= 11 is 5.93. The van der Waals surface area contributed by atoms with E-state index in [9.17, 15) is 14.4 Å². The molecule has 4 rings (SSSR count). The summed E-state index contributed by atoms with van der Waals surface area (Å²) in [6.45, 7) is 1.26. The lowest BCUT2D eigenvalue weighted by Crippen LogP contribution is -2.42. The van der Waals surface area contributed by atoms with E-state index in [1.54, 1.807) is 19.1 Å². The van der Waals surface area contributed by atoms with E-state index in [2.05, 4.69) is 15.6 Å². The molecule has 1 fully saturated rings. The number of urea groups is 1. The van der Waals surface area contributed by atoms with Crippen molar-refractivity contribution < 1.29 is 14.4 Å². The molecule has 2 aliphatic rings. The van der Waals surface area contributed by atoms with Crippen LogP contribution in [0.5, 0.6) is 0 Å². The van der Waals surface area contributed by atoms with Gasteiger partial charge in [-0.2, -0.15) is 0 Å². The lowest BCUT2D eigenvalue weighted by molar-refractivity contribution is -0.133. The predicted molar refractivity (Wildman–Crippen MR) is 104 cm³/mol. The predicted octanol–water partition coefficient (Wildman–Crippen LogP) is 2.63. The number of pyridine rings is 1. The summed E-state index contributed by atoms with van der Waals surface area (Å²) in [5, 5.41) is 5.44. The van der Waals surface area contributed by atoms with Gasteiger partial charge in [0.15, 0.2) is 5.15 Å². The minimum atomic E-state index is -1.19. The average molecular weight is 399 g/mol. The summed E-state index contributed by atoms with van der Waals surface area (Å²) < 4.78 is 0. The zero-order chi connectivity index (χ0) is 19.9. The van der Waals surface area contributed by atoms with Gasteiger partial charge in [0.05, 0.1) is 5.69 Å². The molecule has 0 radical (unpaired) electrons. The Balaban J connectivity index is 1.52. The van der Waals surface area contributed by atoms with Gasteiger partial charge in [-0.3, -0.25) is 14.5 Å². The number of carbonyl (C=O) groups excluding carboxylic acids is 3. The lowest BCUT2D eigenvalue weighted by atomic mass is 9.89. The molecule has 2 heterocycles. The second-order valence-corrected chi connectivity index (χ2v) is 7.53. The number of anilines is 1. The Morgan fingerprint density at radius 3 is 2.86 bits per heavy atom.